The summed E-state index contributed by atoms with van der Waals surface area (Å²) in [5.41, 5.74) is 0. The number of aliphatic carboxylic acids is 1. The Balaban J connectivity index is 1.82. The van der Waals surface area contributed by atoms with Crippen LogP contribution in [0.1, 0.15) is 32.6 Å². The number of carbonyl (C=O) groups is 2. The van der Waals surface area contributed by atoms with Gasteiger partial charge in [0.2, 0.25) is 0 Å². The molecule has 1 saturated carbocycles. The van der Waals surface area contributed by atoms with Crippen LogP contribution in [-0.2, 0) is 4.79 Å². The molecule has 0 radical (unpaired) electrons. The second-order valence-electron chi connectivity index (χ2n) is 5.98. The van der Waals surface area contributed by atoms with Gasteiger partial charge in [-0.05, 0) is 32.7 Å². The van der Waals surface area contributed by atoms with Crippen LogP contribution in [0.5, 0.6) is 0 Å². The lowest BCUT2D eigenvalue weighted by molar-refractivity contribution is -0.141. The number of rotatable bonds is 3. The second kappa shape index (κ2) is 6.43. The van der Waals surface area contributed by atoms with Gasteiger partial charge >= 0.3 is 12.0 Å². The van der Waals surface area contributed by atoms with Gasteiger partial charge in [0, 0.05) is 31.7 Å². The molecule has 1 heterocycles. The highest BCUT2D eigenvalue weighted by atomic mass is 16.4. The maximum Gasteiger partial charge on any atom is 0.317 e. The summed E-state index contributed by atoms with van der Waals surface area (Å²) in [7, 11) is 2.10. The van der Waals surface area contributed by atoms with Gasteiger partial charge in [-0.3, -0.25) is 9.69 Å². The number of likely N-dealkylation sites (N-methyl/N-ethyl adjacent to an activating group) is 1. The van der Waals surface area contributed by atoms with Crippen LogP contribution in [0.4, 0.5) is 4.79 Å². The van der Waals surface area contributed by atoms with Crippen LogP contribution in [0.3, 0.4) is 0 Å². The van der Waals surface area contributed by atoms with E-state index in [1.54, 1.807) is 0 Å². The van der Waals surface area contributed by atoms with E-state index in [9.17, 15) is 9.59 Å². The second-order valence-corrected chi connectivity index (χ2v) is 5.98. The van der Waals surface area contributed by atoms with Crippen molar-refractivity contribution < 1.29 is 14.7 Å². The molecule has 2 N–H and O–H groups in total. The lowest BCUT2D eigenvalue weighted by atomic mass is 10.1. The maximum atomic E-state index is 12.2. The molecule has 1 aliphatic carbocycles. The fraction of sp³-hybridized carbons (Fsp3) is 0.857. The first kappa shape index (κ1) is 15.1. The summed E-state index contributed by atoms with van der Waals surface area (Å²) in [4.78, 5) is 27.3. The molecule has 2 fully saturated rings. The van der Waals surface area contributed by atoms with E-state index in [1.165, 1.54) is 0 Å². The first-order chi connectivity index (χ1) is 9.51. The Hall–Kier alpha value is -1.30. The molecule has 0 aromatic heterocycles. The number of piperazine rings is 1. The molecular formula is C14H25N3O3. The van der Waals surface area contributed by atoms with Gasteiger partial charge in [-0.15, -0.1) is 0 Å². The number of amides is 2. The highest BCUT2D eigenvalue weighted by molar-refractivity contribution is 5.75. The molecule has 114 valence electrons. The first-order valence-corrected chi connectivity index (χ1v) is 7.49. The summed E-state index contributed by atoms with van der Waals surface area (Å²) in [6.45, 7) is 4.53. The van der Waals surface area contributed by atoms with E-state index in [1.807, 2.05) is 4.90 Å². The van der Waals surface area contributed by atoms with Gasteiger partial charge in [-0.25, -0.2) is 4.79 Å². The van der Waals surface area contributed by atoms with Crippen molar-refractivity contribution in [3.63, 3.8) is 0 Å². The number of nitrogens with zero attached hydrogens (tertiary/aromatic N) is 2. The minimum absolute atomic E-state index is 0.0170. The lowest BCUT2D eigenvalue weighted by Crippen LogP contribution is -2.56. The number of hydrogen-bond donors (Lipinski definition) is 2. The Kier molecular flexibility index (Phi) is 4.86. The molecule has 20 heavy (non-hydrogen) atoms. The number of nitrogens with one attached hydrogen (secondary N) is 1. The van der Waals surface area contributed by atoms with Gasteiger partial charge < -0.3 is 15.3 Å². The quantitative estimate of drug-likeness (QED) is 0.809. The molecule has 0 spiro atoms. The molecular weight excluding hydrogens is 258 g/mol. The predicted octanol–water partition coefficient (Wildman–Crippen LogP) is 0.975. The molecule has 1 unspecified atom stereocenters. The summed E-state index contributed by atoms with van der Waals surface area (Å²) in [5, 5.41) is 12.0. The third kappa shape index (κ3) is 3.42. The Morgan fingerprint density at radius 2 is 2.05 bits per heavy atom. The van der Waals surface area contributed by atoms with Crippen LogP contribution in [0.2, 0.25) is 0 Å². The summed E-state index contributed by atoms with van der Waals surface area (Å²) in [5.74, 6) is -1.04. The molecule has 1 aliphatic heterocycles. The number of urea groups is 1. The Morgan fingerprint density at radius 3 is 2.65 bits per heavy atom. The van der Waals surface area contributed by atoms with Crippen molar-refractivity contribution >= 4 is 12.0 Å². The van der Waals surface area contributed by atoms with Crippen LogP contribution >= 0.6 is 0 Å². The summed E-state index contributed by atoms with van der Waals surface area (Å²) < 4.78 is 0. The zero-order chi connectivity index (χ0) is 14.7. The molecule has 1 saturated heterocycles. The molecule has 2 rings (SSSR count). The molecule has 3 atom stereocenters. The number of carboxylic acid groups (broad SMARTS) is 1. The standard InChI is InChI=1S/C14H25N3O3/c1-3-12-9-17(7-6-16(12)2)14(20)15-11-5-4-10(8-11)13(18)19/h10-12H,3-9H2,1-2H3,(H,15,20)(H,18,19)/t10-,11+,12?/m1/s1. The number of carbonyl (C=O) groups excluding carboxylic acids is 1. The van der Waals surface area contributed by atoms with E-state index in [2.05, 4.69) is 24.2 Å². The van der Waals surface area contributed by atoms with Crippen molar-refractivity contribution in [1.29, 1.82) is 0 Å². The minimum Gasteiger partial charge on any atom is -0.481 e. The molecule has 6 heteroatoms. The Labute approximate surface area is 120 Å². The van der Waals surface area contributed by atoms with E-state index < -0.39 is 5.97 Å². The van der Waals surface area contributed by atoms with E-state index in [0.29, 0.717) is 18.9 Å². The predicted molar refractivity (Wildman–Crippen MR) is 75.6 cm³/mol. The Morgan fingerprint density at radius 1 is 1.30 bits per heavy atom. The highest BCUT2D eigenvalue weighted by Crippen LogP contribution is 2.25. The SMILES string of the molecule is CCC1CN(C(=O)N[C@H]2CC[C@@H](C(=O)O)C2)CCN1C. The fourth-order valence-electron chi connectivity index (χ4n) is 3.17. The van der Waals surface area contributed by atoms with Crippen LogP contribution in [0.25, 0.3) is 0 Å². The van der Waals surface area contributed by atoms with Crippen molar-refractivity contribution in [2.75, 3.05) is 26.7 Å². The average molecular weight is 283 g/mol. The highest BCUT2D eigenvalue weighted by Gasteiger charge is 2.32. The van der Waals surface area contributed by atoms with Gasteiger partial charge in [-0.2, -0.15) is 0 Å². The van der Waals surface area contributed by atoms with Gasteiger partial charge in [0.1, 0.15) is 0 Å². The third-order valence-corrected chi connectivity index (χ3v) is 4.65. The maximum absolute atomic E-state index is 12.2. The number of carboxylic acids is 1. The molecule has 2 amide bonds. The van der Waals surface area contributed by atoms with Gasteiger partial charge in [0.25, 0.3) is 0 Å². The van der Waals surface area contributed by atoms with Crippen molar-refractivity contribution in [2.45, 2.75) is 44.7 Å². The fourth-order valence-corrected chi connectivity index (χ4v) is 3.17. The zero-order valence-electron chi connectivity index (χ0n) is 12.3. The van der Waals surface area contributed by atoms with Crippen LogP contribution in [0.15, 0.2) is 0 Å². The first-order valence-electron chi connectivity index (χ1n) is 7.49. The smallest absolute Gasteiger partial charge is 0.317 e. The topological polar surface area (TPSA) is 72.9 Å². The lowest BCUT2D eigenvalue weighted by Gasteiger charge is -2.39. The molecule has 0 aromatic carbocycles. The van der Waals surface area contributed by atoms with Gasteiger partial charge in [-0.1, -0.05) is 6.92 Å². The third-order valence-electron chi connectivity index (χ3n) is 4.65. The monoisotopic (exact) mass is 283 g/mol. The minimum atomic E-state index is -0.743. The van der Waals surface area contributed by atoms with Crippen molar-refractivity contribution in [3.05, 3.63) is 0 Å². The molecule has 2 aliphatic rings. The largest absolute Gasteiger partial charge is 0.481 e. The average Bonchev–Trinajstić information content (AvgIpc) is 2.88. The van der Waals surface area contributed by atoms with Crippen molar-refractivity contribution in [1.82, 2.24) is 15.1 Å². The number of hydrogen-bond acceptors (Lipinski definition) is 3. The van der Waals surface area contributed by atoms with E-state index >= 15 is 0 Å². The molecule has 6 nitrogen and oxygen atoms in total. The molecule has 0 bridgehead atoms. The zero-order valence-corrected chi connectivity index (χ0v) is 12.3. The van der Waals surface area contributed by atoms with E-state index in [-0.39, 0.29) is 18.0 Å². The molecule has 0 aromatic rings. The van der Waals surface area contributed by atoms with Crippen LogP contribution in [0, 0.1) is 5.92 Å². The van der Waals surface area contributed by atoms with Gasteiger partial charge in [0.15, 0.2) is 0 Å². The van der Waals surface area contributed by atoms with Crippen molar-refractivity contribution in [3.8, 4) is 0 Å². The van der Waals surface area contributed by atoms with Crippen LogP contribution in [-0.4, -0.2) is 65.7 Å². The van der Waals surface area contributed by atoms with Crippen molar-refractivity contribution in [2.24, 2.45) is 5.92 Å². The normalized spacial score (nSPS) is 31.3. The van der Waals surface area contributed by atoms with E-state index in [4.69, 9.17) is 5.11 Å². The van der Waals surface area contributed by atoms with E-state index in [0.717, 1.165) is 32.5 Å². The van der Waals surface area contributed by atoms with Gasteiger partial charge in [0.05, 0.1) is 5.92 Å². The Bertz CT molecular complexity index is 375. The summed E-state index contributed by atoms with van der Waals surface area (Å²) in [6.07, 6.45) is 3.03. The van der Waals surface area contributed by atoms with Crippen LogP contribution < -0.4 is 5.32 Å². The summed E-state index contributed by atoms with van der Waals surface area (Å²) in [6, 6.07) is 0.403. The summed E-state index contributed by atoms with van der Waals surface area (Å²) >= 11 is 0.